The zero-order valence-corrected chi connectivity index (χ0v) is 10.3. The van der Waals surface area contributed by atoms with Crippen LogP contribution >= 0.6 is 0 Å². The minimum Gasteiger partial charge on any atom is -0.283 e. The second kappa shape index (κ2) is 3.81. The van der Waals surface area contributed by atoms with Crippen LogP contribution in [0.5, 0.6) is 0 Å². The molecule has 0 unspecified atom stereocenters. The lowest BCUT2D eigenvalue weighted by atomic mass is 9.97. The van der Waals surface area contributed by atoms with E-state index in [0.717, 1.165) is 21.5 Å². The molecule has 4 nitrogen and oxygen atoms in total. The molecule has 1 heterocycles. The highest BCUT2D eigenvalue weighted by atomic mass is 16.2. The van der Waals surface area contributed by atoms with Crippen molar-refractivity contribution in [1.29, 1.82) is 0 Å². The molecule has 0 atom stereocenters. The molecule has 1 amide bonds. The van der Waals surface area contributed by atoms with E-state index in [1.54, 1.807) is 6.07 Å². The van der Waals surface area contributed by atoms with Crippen LogP contribution in [0.3, 0.4) is 0 Å². The van der Waals surface area contributed by atoms with E-state index in [9.17, 15) is 9.59 Å². The number of Topliss-reactive ketones (excluding diaryl/α,β-unsaturated/α-hetero) is 1. The van der Waals surface area contributed by atoms with E-state index in [1.807, 2.05) is 42.5 Å². The Labute approximate surface area is 113 Å². The van der Waals surface area contributed by atoms with Gasteiger partial charge in [0.15, 0.2) is 0 Å². The quantitative estimate of drug-likeness (QED) is 0.456. The number of carbonyl (C=O) groups excluding carboxylic acids is 2. The fourth-order valence-electron chi connectivity index (χ4n) is 2.54. The molecule has 0 aliphatic carbocycles. The summed E-state index contributed by atoms with van der Waals surface area (Å²) in [5.74, 6) is -1.40. The molecule has 0 saturated carbocycles. The predicted octanol–water partition coefficient (Wildman–Crippen LogP) is 3.80. The number of hydrogen-bond donors (Lipinski definition) is 0. The Morgan fingerprint density at radius 2 is 1.50 bits per heavy atom. The van der Waals surface area contributed by atoms with Gasteiger partial charge in [-0.15, -0.1) is 10.2 Å². The number of nitrogens with zero attached hydrogens (tertiary/aromatic N) is 2. The van der Waals surface area contributed by atoms with Crippen LogP contribution in [0.4, 0.5) is 5.69 Å². The second-order valence-electron chi connectivity index (χ2n) is 4.72. The van der Waals surface area contributed by atoms with Gasteiger partial charge >= 0.3 is 5.91 Å². The Morgan fingerprint density at radius 3 is 2.30 bits per heavy atom. The first-order chi connectivity index (χ1) is 9.74. The van der Waals surface area contributed by atoms with E-state index >= 15 is 0 Å². The van der Waals surface area contributed by atoms with Crippen LogP contribution in [0.2, 0.25) is 0 Å². The number of benzene rings is 3. The third-order valence-corrected chi connectivity index (χ3v) is 3.54. The topological polar surface area (TPSA) is 58.9 Å². The molecule has 20 heavy (non-hydrogen) atoms. The highest BCUT2D eigenvalue weighted by Crippen LogP contribution is 2.35. The fourth-order valence-corrected chi connectivity index (χ4v) is 2.54. The van der Waals surface area contributed by atoms with Crippen molar-refractivity contribution >= 4 is 38.9 Å². The molecular formula is C16H8N2O2. The largest absolute Gasteiger partial charge is 0.336 e. The molecule has 0 saturated heterocycles. The van der Waals surface area contributed by atoms with Gasteiger partial charge in [0.05, 0.1) is 5.56 Å². The van der Waals surface area contributed by atoms with Gasteiger partial charge in [-0.3, -0.25) is 9.59 Å². The molecule has 4 rings (SSSR count). The smallest absolute Gasteiger partial charge is 0.283 e. The molecule has 1 aliphatic rings. The third-order valence-electron chi connectivity index (χ3n) is 3.54. The van der Waals surface area contributed by atoms with E-state index in [2.05, 4.69) is 10.2 Å². The average molecular weight is 260 g/mol. The maximum Gasteiger partial charge on any atom is 0.336 e. The Morgan fingerprint density at radius 1 is 0.750 bits per heavy atom. The number of ketones is 1. The van der Waals surface area contributed by atoms with Gasteiger partial charge in [0.1, 0.15) is 5.69 Å². The van der Waals surface area contributed by atoms with E-state index in [0.29, 0.717) is 11.3 Å². The number of hydrogen-bond acceptors (Lipinski definition) is 3. The van der Waals surface area contributed by atoms with Gasteiger partial charge in [-0.2, -0.15) is 0 Å². The van der Waals surface area contributed by atoms with Crippen molar-refractivity contribution in [1.82, 2.24) is 0 Å². The van der Waals surface area contributed by atoms with Crippen LogP contribution < -0.4 is 0 Å². The molecule has 4 heteroatoms. The van der Waals surface area contributed by atoms with Crippen LogP contribution in [0.25, 0.3) is 21.5 Å². The third kappa shape index (κ3) is 1.42. The van der Waals surface area contributed by atoms with Crippen LogP contribution in [0.1, 0.15) is 10.4 Å². The molecule has 3 aromatic carbocycles. The minimum absolute atomic E-state index is 0.327. The summed E-state index contributed by atoms with van der Waals surface area (Å²) < 4.78 is 0. The summed E-state index contributed by atoms with van der Waals surface area (Å²) in [5.41, 5.74) is 0.811. The van der Waals surface area contributed by atoms with Crippen LogP contribution in [-0.2, 0) is 4.79 Å². The zero-order chi connectivity index (χ0) is 13.7. The highest BCUT2D eigenvalue weighted by molar-refractivity contribution is 6.45. The summed E-state index contributed by atoms with van der Waals surface area (Å²) in [6.07, 6.45) is 0. The summed E-state index contributed by atoms with van der Waals surface area (Å²) in [6, 6.07) is 15.5. The summed E-state index contributed by atoms with van der Waals surface area (Å²) >= 11 is 0. The lowest BCUT2D eigenvalue weighted by Gasteiger charge is -2.10. The van der Waals surface area contributed by atoms with E-state index in [4.69, 9.17) is 0 Å². The summed E-state index contributed by atoms with van der Waals surface area (Å²) in [4.78, 5) is 23.1. The lowest BCUT2D eigenvalue weighted by molar-refractivity contribution is -0.114. The van der Waals surface area contributed by atoms with E-state index in [-0.39, 0.29) is 0 Å². The van der Waals surface area contributed by atoms with Crippen molar-refractivity contribution in [2.45, 2.75) is 0 Å². The molecule has 1 aliphatic heterocycles. The van der Waals surface area contributed by atoms with Gasteiger partial charge in [-0.25, -0.2) is 0 Å². The summed E-state index contributed by atoms with van der Waals surface area (Å²) in [7, 11) is 0. The van der Waals surface area contributed by atoms with Crippen molar-refractivity contribution in [3.05, 3.63) is 54.1 Å². The maximum atomic E-state index is 11.8. The van der Waals surface area contributed by atoms with Crippen LogP contribution in [0, 0.1) is 0 Å². The Balaban J connectivity index is 2.15. The Bertz CT molecular complexity index is 942. The first kappa shape index (κ1) is 11.0. The fraction of sp³-hybridized carbons (Fsp3) is 0. The predicted molar refractivity (Wildman–Crippen MR) is 75.3 cm³/mol. The minimum atomic E-state index is -0.808. The van der Waals surface area contributed by atoms with Crippen molar-refractivity contribution in [2.24, 2.45) is 10.2 Å². The zero-order valence-electron chi connectivity index (χ0n) is 10.3. The number of rotatable bonds is 0. The Kier molecular flexibility index (Phi) is 2.09. The van der Waals surface area contributed by atoms with Crippen LogP contribution in [0.15, 0.2) is 58.8 Å². The maximum absolute atomic E-state index is 11.8. The highest BCUT2D eigenvalue weighted by Gasteiger charge is 2.25. The van der Waals surface area contributed by atoms with Gasteiger partial charge < -0.3 is 0 Å². The SMILES string of the molecule is O=C1N=Nc2c(ccc3cc4ccccc4cc23)C1=O. The monoisotopic (exact) mass is 260 g/mol. The standard InChI is InChI=1S/C16H8N2O2/c19-15-12-6-5-11-7-9-3-1-2-4-10(9)8-13(11)14(12)17-18-16(15)20/h1-8H. The van der Waals surface area contributed by atoms with Gasteiger partial charge in [-0.05, 0) is 34.4 Å². The van der Waals surface area contributed by atoms with Crippen molar-refractivity contribution in [2.75, 3.05) is 0 Å². The van der Waals surface area contributed by atoms with Crippen molar-refractivity contribution < 1.29 is 9.59 Å². The molecule has 0 aromatic heterocycles. The van der Waals surface area contributed by atoms with Gasteiger partial charge in [-0.1, -0.05) is 30.3 Å². The van der Waals surface area contributed by atoms with E-state index in [1.165, 1.54) is 0 Å². The van der Waals surface area contributed by atoms with E-state index < -0.39 is 11.7 Å². The lowest BCUT2D eigenvalue weighted by Crippen LogP contribution is -2.14. The molecule has 0 bridgehead atoms. The first-order valence-electron chi connectivity index (χ1n) is 6.20. The molecule has 0 spiro atoms. The van der Waals surface area contributed by atoms with Crippen molar-refractivity contribution in [3.8, 4) is 0 Å². The normalized spacial score (nSPS) is 14.0. The number of azo groups is 1. The second-order valence-corrected chi connectivity index (χ2v) is 4.72. The number of fused-ring (bicyclic) bond motifs is 4. The molecule has 0 radical (unpaired) electrons. The first-order valence-corrected chi connectivity index (χ1v) is 6.20. The average Bonchev–Trinajstić information content (AvgIpc) is 2.48. The van der Waals surface area contributed by atoms with Crippen molar-refractivity contribution in [3.63, 3.8) is 0 Å². The summed E-state index contributed by atoms with van der Waals surface area (Å²) in [5, 5.41) is 11.3. The molecule has 0 fully saturated rings. The summed E-state index contributed by atoms with van der Waals surface area (Å²) in [6.45, 7) is 0. The Hall–Kier alpha value is -2.88. The molecule has 0 N–H and O–H groups in total. The molecular weight excluding hydrogens is 252 g/mol. The van der Waals surface area contributed by atoms with Crippen LogP contribution in [-0.4, -0.2) is 11.7 Å². The molecule has 94 valence electrons. The molecule has 3 aromatic rings. The van der Waals surface area contributed by atoms with Gasteiger partial charge in [0, 0.05) is 5.39 Å². The van der Waals surface area contributed by atoms with Gasteiger partial charge in [0.2, 0.25) is 0 Å². The number of carbonyl (C=O) groups is 2. The number of amides is 1. The van der Waals surface area contributed by atoms with Gasteiger partial charge in [0.25, 0.3) is 5.78 Å².